The van der Waals surface area contributed by atoms with Crippen LogP contribution in [-0.2, 0) is 19.5 Å². The van der Waals surface area contributed by atoms with Crippen molar-refractivity contribution >= 4 is 22.2 Å². The van der Waals surface area contributed by atoms with Gasteiger partial charge < -0.3 is 10.6 Å². The van der Waals surface area contributed by atoms with E-state index in [-0.39, 0.29) is 12.1 Å². The van der Waals surface area contributed by atoms with Gasteiger partial charge in [-0.1, -0.05) is 54.6 Å². The number of thiophene rings is 1. The molecular weight excluding hydrogens is 366 g/mol. The number of benzene rings is 2. The van der Waals surface area contributed by atoms with E-state index < -0.39 is 0 Å². The van der Waals surface area contributed by atoms with Gasteiger partial charge >= 0.3 is 0 Å². The average Bonchev–Trinajstić information content (AvgIpc) is 3.07. The zero-order chi connectivity index (χ0) is 19.1. The van der Waals surface area contributed by atoms with E-state index >= 15 is 0 Å². The van der Waals surface area contributed by atoms with Crippen LogP contribution in [0.25, 0.3) is 0 Å². The molecule has 2 aliphatic rings. The Morgan fingerprint density at radius 3 is 2.68 bits per heavy atom. The smallest absolute Gasteiger partial charge is 0.256 e. The molecule has 2 aliphatic heterocycles. The zero-order valence-electron chi connectivity index (χ0n) is 15.9. The second-order valence-electron chi connectivity index (χ2n) is 7.56. The van der Waals surface area contributed by atoms with Gasteiger partial charge in [0.15, 0.2) is 0 Å². The summed E-state index contributed by atoms with van der Waals surface area (Å²) in [5.74, 6) is 0.0519. The van der Waals surface area contributed by atoms with Crippen molar-refractivity contribution in [2.75, 3.05) is 11.9 Å². The second-order valence-corrected chi connectivity index (χ2v) is 8.67. The lowest BCUT2D eigenvalue weighted by atomic mass is 9.99. The first-order chi connectivity index (χ1) is 13.7. The van der Waals surface area contributed by atoms with Crippen LogP contribution >= 0.6 is 11.3 Å². The molecule has 0 unspecified atom stereocenters. The maximum Gasteiger partial charge on any atom is 0.256 e. The summed E-state index contributed by atoms with van der Waals surface area (Å²) in [5, 5.41) is 7.75. The van der Waals surface area contributed by atoms with Crippen LogP contribution in [0.4, 0.5) is 5.00 Å². The molecule has 0 bridgehead atoms. The van der Waals surface area contributed by atoms with Crippen molar-refractivity contribution in [1.29, 1.82) is 0 Å². The van der Waals surface area contributed by atoms with Crippen molar-refractivity contribution in [2.45, 2.75) is 32.6 Å². The van der Waals surface area contributed by atoms with Gasteiger partial charge in [0.25, 0.3) is 5.91 Å². The Balaban J connectivity index is 1.40. The minimum atomic E-state index is -0.165. The van der Waals surface area contributed by atoms with Gasteiger partial charge in [0.1, 0.15) is 11.2 Å². The number of carbonyl (C=O) groups excluding carboxylic acids is 1. The number of anilines is 1. The van der Waals surface area contributed by atoms with Gasteiger partial charge in [-0.25, -0.2) is 0 Å². The molecule has 1 atom stereocenters. The standard InChI is InChI=1S/C23H23N3OS/c1-15-7-5-6-10-17(15)21-24-22(27)20-18-11-12-26(13-16-8-3-2-4-9-16)14-19(18)28-23(20)25-21/h2-10,21,25H,11-14H2,1H3,(H,24,27)/t21-/m0/s1. The zero-order valence-corrected chi connectivity index (χ0v) is 16.7. The van der Waals surface area contributed by atoms with Crippen molar-refractivity contribution in [3.05, 3.63) is 87.3 Å². The monoisotopic (exact) mass is 389 g/mol. The Morgan fingerprint density at radius 2 is 1.86 bits per heavy atom. The van der Waals surface area contributed by atoms with E-state index in [0.29, 0.717) is 0 Å². The van der Waals surface area contributed by atoms with Gasteiger partial charge in [0.05, 0.1) is 5.56 Å². The average molecular weight is 390 g/mol. The summed E-state index contributed by atoms with van der Waals surface area (Å²) < 4.78 is 0. The first-order valence-electron chi connectivity index (χ1n) is 9.73. The summed E-state index contributed by atoms with van der Waals surface area (Å²) in [6.45, 7) is 4.93. The molecule has 142 valence electrons. The van der Waals surface area contributed by atoms with Gasteiger partial charge in [0.2, 0.25) is 0 Å². The molecule has 2 N–H and O–H groups in total. The third-order valence-corrected chi connectivity index (χ3v) is 6.81. The van der Waals surface area contributed by atoms with Crippen LogP contribution < -0.4 is 10.6 Å². The lowest BCUT2D eigenvalue weighted by molar-refractivity contribution is 0.0934. The fourth-order valence-corrected chi connectivity index (χ4v) is 5.53. The Bertz CT molecular complexity index is 1030. The van der Waals surface area contributed by atoms with E-state index in [1.807, 2.05) is 12.1 Å². The molecule has 5 rings (SSSR count). The maximum atomic E-state index is 12.9. The lowest BCUT2D eigenvalue weighted by Crippen LogP contribution is -2.39. The number of nitrogens with one attached hydrogen (secondary N) is 2. The van der Waals surface area contributed by atoms with E-state index in [4.69, 9.17) is 0 Å². The molecule has 28 heavy (non-hydrogen) atoms. The predicted octanol–water partition coefficient (Wildman–Crippen LogP) is 4.47. The minimum absolute atomic E-state index is 0.0519. The number of hydrogen-bond acceptors (Lipinski definition) is 4. The van der Waals surface area contributed by atoms with Gasteiger partial charge in [-0.05, 0) is 35.6 Å². The first-order valence-corrected chi connectivity index (χ1v) is 10.5. The molecule has 0 radical (unpaired) electrons. The summed E-state index contributed by atoms with van der Waals surface area (Å²) >= 11 is 1.75. The van der Waals surface area contributed by atoms with Gasteiger partial charge in [-0.3, -0.25) is 9.69 Å². The Morgan fingerprint density at radius 1 is 1.07 bits per heavy atom. The maximum absolute atomic E-state index is 12.9. The highest BCUT2D eigenvalue weighted by atomic mass is 32.1. The van der Waals surface area contributed by atoms with Crippen molar-refractivity contribution in [3.63, 3.8) is 0 Å². The third-order valence-electron chi connectivity index (χ3n) is 5.66. The molecule has 0 saturated heterocycles. The third kappa shape index (κ3) is 3.11. The number of amides is 1. The van der Waals surface area contributed by atoms with Gasteiger partial charge in [-0.2, -0.15) is 0 Å². The van der Waals surface area contributed by atoms with Crippen molar-refractivity contribution in [2.24, 2.45) is 0 Å². The molecule has 0 aliphatic carbocycles. The van der Waals surface area contributed by atoms with Crippen LogP contribution in [-0.4, -0.2) is 17.4 Å². The van der Waals surface area contributed by atoms with Crippen molar-refractivity contribution < 1.29 is 4.79 Å². The highest BCUT2D eigenvalue weighted by Crippen LogP contribution is 2.41. The molecule has 1 amide bonds. The Kier molecular flexibility index (Phi) is 4.41. The molecule has 0 saturated carbocycles. The van der Waals surface area contributed by atoms with Gasteiger partial charge in [-0.15, -0.1) is 11.3 Å². The topological polar surface area (TPSA) is 44.4 Å². The van der Waals surface area contributed by atoms with Gasteiger partial charge in [0, 0.05) is 24.5 Å². The molecule has 3 aromatic rings. The van der Waals surface area contributed by atoms with E-state index in [0.717, 1.165) is 42.2 Å². The van der Waals surface area contributed by atoms with Crippen LogP contribution in [0, 0.1) is 6.92 Å². The number of fused-ring (bicyclic) bond motifs is 3. The summed E-state index contributed by atoms with van der Waals surface area (Å²) in [5.41, 5.74) is 5.74. The number of aryl methyl sites for hydroxylation is 1. The second kappa shape index (κ2) is 7.08. The summed E-state index contributed by atoms with van der Waals surface area (Å²) in [7, 11) is 0. The molecule has 1 aromatic heterocycles. The van der Waals surface area contributed by atoms with E-state index in [1.165, 1.54) is 21.6 Å². The van der Waals surface area contributed by atoms with Crippen LogP contribution in [0.15, 0.2) is 54.6 Å². The SMILES string of the molecule is Cc1ccccc1[C@H]1NC(=O)c2c(sc3c2CCN(Cc2ccccc2)C3)N1. The van der Waals surface area contributed by atoms with Crippen molar-refractivity contribution in [3.8, 4) is 0 Å². The fraction of sp³-hybridized carbons (Fsp3) is 0.261. The van der Waals surface area contributed by atoms with Crippen molar-refractivity contribution in [1.82, 2.24) is 10.2 Å². The molecule has 0 fully saturated rings. The lowest BCUT2D eigenvalue weighted by Gasteiger charge is -2.29. The largest absolute Gasteiger partial charge is 0.353 e. The molecule has 0 spiro atoms. The molecule has 2 aromatic carbocycles. The molecule has 3 heterocycles. The molecule has 5 heteroatoms. The van der Waals surface area contributed by atoms with E-state index in [9.17, 15) is 4.79 Å². The highest BCUT2D eigenvalue weighted by Gasteiger charge is 2.33. The Labute approximate surface area is 169 Å². The highest BCUT2D eigenvalue weighted by molar-refractivity contribution is 7.16. The van der Waals surface area contributed by atoms with E-state index in [2.05, 4.69) is 64.9 Å². The fourth-order valence-electron chi connectivity index (χ4n) is 4.21. The van der Waals surface area contributed by atoms with Crippen LogP contribution in [0.5, 0.6) is 0 Å². The number of carbonyl (C=O) groups is 1. The summed E-state index contributed by atoms with van der Waals surface area (Å²) in [6, 6.07) is 18.8. The minimum Gasteiger partial charge on any atom is -0.353 e. The normalized spacial score (nSPS) is 18.8. The number of nitrogens with zero attached hydrogens (tertiary/aromatic N) is 1. The van der Waals surface area contributed by atoms with Crippen LogP contribution in [0.1, 0.15) is 43.7 Å². The first kappa shape index (κ1) is 17.5. The summed E-state index contributed by atoms with van der Waals surface area (Å²) in [6.07, 6.45) is 0.764. The predicted molar refractivity (Wildman–Crippen MR) is 114 cm³/mol. The molecule has 4 nitrogen and oxygen atoms in total. The quantitative estimate of drug-likeness (QED) is 0.695. The van der Waals surface area contributed by atoms with E-state index in [1.54, 1.807) is 11.3 Å². The number of rotatable bonds is 3. The Hall–Kier alpha value is -2.63. The number of hydrogen-bond donors (Lipinski definition) is 2. The summed E-state index contributed by atoms with van der Waals surface area (Å²) in [4.78, 5) is 16.7. The van der Waals surface area contributed by atoms with Crippen LogP contribution in [0.3, 0.4) is 0 Å². The molecular formula is C23H23N3OS. The van der Waals surface area contributed by atoms with Crippen LogP contribution in [0.2, 0.25) is 0 Å².